The van der Waals surface area contributed by atoms with E-state index in [4.69, 9.17) is 0 Å². The van der Waals surface area contributed by atoms with Crippen LogP contribution in [0.3, 0.4) is 0 Å². The number of piperidine rings is 6. The second kappa shape index (κ2) is 34.6. The SMILES string of the molecule is CC1CCCCN1.CCC1CCCCN1.O=[N+]([O-])OC1CCCNC1.O=[N+]([O-])OC1CCNCC1.O=[N+]([O-])OCC1CCCNC1.O=[N+]([O-])OCC1CCNCC1. The lowest BCUT2D eigenvalue weighted by molar-refractivity contribution is -0.769. The number of hydrogen-bond donors (Lipinski definition) is 6. The molecule has 334 valence electrons. The van der Waals surface area contributed by atoms with Crippen molar-refractivity contribution < 1.29 is 39.7 Å². The third kappa shape index (κ3) is 32.2. The summed E-state index contributed by atoms with van der Waals surface area (Å²) < 4.78 is 0. The lowest BCUT2D eigenvalue weighted by Crippen LogP contribution is -2.36. The van der Waals surface area contributed by atoms with Gasteiger partial charge in [-0.1, -0.05) is 19.8 Å². The van der Waals surface area contributed by atoms with E-state index in [0.29, 0.717) is 18.4 Å². The maximum atomic E-state index is 9.83. The summed E-state index contributed by atoms with van der Waals surface area (Å²) in [6.45, 7) is 14.4. The van der Waals surface area contributed by atoms with E-state index in [1.807, 2.05) is 0 Å². The van der Waals surface area contributed by atoms with Crippen LogP contribution in [0.15, 0.2) is 0 Å². The Balaban J connectivity index is 0.000000344. The zero-order chi connectivity index (χ0) is 41.9. The molecule has 22 heteroatoms. The summed E-state index contributed by atoms with van der Waals surface area (Å²) >= 11 is 0. The molecule has 6 saturated heterocycles. The van der Waals surface area contributed by atoms with Crippen LogP contribution in [-0.2, 0) is 19.4 Å². The Morgan fingerprint density at radius 3 is 1.42 bits per heavy atom. The molecule has 57 heavy (non-hydrogen) atoms. The first kappa shape index (κ1) is 51.6. The number of rotatable bonds is 11. The molecule has 0 aromatic heterocycles. The van der Waals surface area contributed by atoms with Gasteiger partial charge in [-0.3, -0.25) is 0 Å². The van der Waals surface area contributed by atoms with Gasteiger partial charge in [0.25, 0.3) is 20.3 Å². The van der Waals surface area contributed by atoms with Crippen molar-refractivity contribution in [3.63, 3.8) is 0 Å². The van der Waals surface area contributed by atoms with Crippen LogP contribution < -0.4 is 31.9 Å². The molecular weight excluding hydrogens is 752 g/mol. The van der Waals surface area contributed by atoms with E-state index in [1.165, 1.54) is 58.0 Å². The average Bonchev–Trinajstić information content (AvgIpc) is 3.22. The smallest absolute Gasteiger partial charge is 0.294 e. The van der Waals surface area contributed by atoms with Crippen LogP contribution in [0.25, 0.3) is 0 Å². The van der Waals surface area contributed by atoms with Crippen LogP contribution in [0.4, 0.5) is 0 Å². The largest absolute Gasteiger partial charge is 0.317 e. The highest BCUT2D eigenvalue weighted by Crippen LogP contribution is 2.12. The van der Waals surface area contributed by atoms with Crippen molar-refractivity contribution in [2.45, 2.75) is 134 Å². The molecule has 4 unspecified atom stereocenters. The summed E-state index contributed by atoms with van der Waals surface area (Å²) in [5, 5.41) is 55.7. The minimum atomic E-state index is -0.728. The molecule has 6 aliphatic rings. The normalized spacial score (nSPS) is 24.9. The van der Waals surface area contributed by atoms with Crippen molar-refractivity contribution in [1.82, 2.24) is 31.9 Å². The van der Waals surface area contributed by atoms with Gasteiger partial charge in [0.1, 0.15) is 18.8 Å². The Morgan fingerprint density at radius 2 is 1.02 bits per heavy atom. The van der Waals surface area contributed by atoms with E-state index in [1.54, 1.807) is 0 Å². The molecule has 0 spiro atoms. The molecule has 0 aliphatic carbocycles. The van der Waals surface area contributed by atoms with Crippen LogP contribution in [-0.4, -0.2) is 123 Å². The van der Waals surface area contributed by atoms with Crippen molar-refractivity contribution >= 4 is 0 Å². The zero-order valence-corrected chi connectivity index (χ0v) is 34.2. The van der Waals surface area contributed by atoms with Gasteiger partial charge >= 0.3 is 0 Å². The predicted molar refractivity (Wildman–Crippen MR) is 212 cm³/mol. The Kier molecular flexibility index (Phi) is 31.3. The molecule has 6 fully saturated rings. The Hall–Kier alpha value is -3.44. The molecule has 6 aliphatic heterocycles. The average molecular weight is 825 g/mol. The summed E-state index contributed by atoms with van der Waals surface area (Å²) in [5.74, 6) is 0.677. The molecule has 0 saturated carbocycles. The van der Waals surface area contributed by atoms with Gasteiger partial charge in [-0.05, 0) is 161 Å². The summed E-state index contributed by atoms with van der Waals surface area (Å²) in [6, 6.07) is 1.62. The Bertz CT molecular complexity index is 959. The topological polar surface area (TPSA) is 282 Å². The van der Waals surface area contributed by atoms with Crippen LogP contribution in [0, 0.1) is 52.3 Å². The fourth-order valence-electron chi connectivity index (χ4n) is 6.80. The van der Waals surface area contributed by atoms with Crippen LogP contribution in [0.2, 0.25) is 0 Å². The second-order valence-corrected chi connectivity index (χ2v) is 14.9. The van der Waals surface area contributed by atoms with Gasteiger partial charge in [0, 0.05) is 18.6 Å². The summed E-state index contributed by atoms with van der Waals surface area (Å²) in [6.07, 6.45) is 16.6. The molecule has 0 aromatic carbocycles. The third-order valence-electron chi connectivity index (χ3n) is 10.2. The van der Waals surface area contributed by atoms with Crippen LogP contribution in [0.5, 0.6) is 0 Å². The highest BCUT2D eigenvalue weighted by molar-refractivity contribution is 4.71. The van der Waals surface area contributed by atoms with E-state index < -0.39 is 20.3 Å². The van der Waals surface area contributed by atoms with Gasteiger partial charge in [-0.25, -0.2) is 0 Å². The molecule has 6 rings (SSSR count). The molecule has 0 amide bonds. The lowest BCUT2D eigenvalue weighted by atomic mass is 10.00. The van der Waals surface area contributed by atoms with Gasteiger partial charge in [-0.2, -0.15) is 0 Å². The fourth-order valence-corrected chi connectivity index (χ4v) is 6.80. The third-order valence-corrected chi connectivity index (χ3v) is 10.2. The van der Waals surface area contributed by atoms with Crippen LogP contribution in [0.1, 0.15) is 110 Å². The van der Waals surface area contributed by atoms with Crippen molar-refractivity contribution in [2.75, 3.05) is 78.7 Å². The fraction of sp³-hybridized carbons (Fsp3) is 1.00. The standard InChI is InChI=1S/C7H15N.2C6H12N2O3.C6H13N.2C5H10N2O3/c1-2-7-5-3-4-6-8-7;9-8(10)11-5-6-1-3-7-4-2-6;9-8(10)11-5-6-2-1-3-7-4-6;1-6-4-2-3-5-7-6;8-7(9)10-5-1-3-6-4-2-5;8-7(9)10-5-2-1-3-6-4-5/h7-8H,2-6H2,1H3;2*6-7H,1-5H2;6-7H,2-5H2,1H3;2*5-6H,1-4H2. The maximum absolute atomic E-state index is 9.83. The van der Waals surface area contributed by atoms with Crippen molar-refractivity contribution in [1.29, 1.82) is 0 Å². The summed E-state index contributed by atoms with van der Waals surface area (Å²) in [7, 11) is 0. The minimum absolute atomic E-state index is 0.184. The quantitative estimate of drug-likeness (QED) is 0.129. The number of hydrogen-bond acceptors (Lipinski definition) is 18. The highest BCUT2D eigenvalue weighted by atomic mass is 17.0. The Morgan fingerprint density at radius 1 is 0.491 bits per heavy atom. The molecular formula is C35H72N10O12. The van der Waals surface area contributed by atoms with Gasteiger partial charge < -0.3 is 51.3 Å². The number of nitrogens with one attached hydrogen (secondary N) is 6. The predicted octanol–water partition coefficient (Wildman–Crippen LogP) is 2.97. The summed E-state index contributed by atoms with van der Waals surface area (Å²) in [5.41, 5.74) is 0. The van der Waals surface area contributed by atoms with E-state index in [-0.39, 0.29) is 25.4 Å². The second-order valence-electron chi connectivity index (χ2n) is 14.9. The van der Waals surface area contributed by atoms with Crippen molar-refractivity contribution in [3.8, 4) is 0 Å². The van der Waals surface area contributed by atoms with Crippen LogP contribution >= 0.6 is 0 Å². The molecule has 4 atom stereocenters. The number of nitrogens with zero attached hydrogens (tertiary/aromatic N) is 4. The lowest BCUT2D eigenvalue weighted by Gasteiger charge is -2.21. The summed E-state index contributed by atoms with van der Waals surface area (Å²) in [4.78, 5) is 56.5. The molecule has 0 bridgehead atoms. The molecule has 6 N–H and O–H groups in total. The monoisotopic (exact) mass is 825 g/mol. The Labute approximate surface area is 336 Å². The van der Waals surface area contributed by atoms with Gasteiger partial charge in [-0.15, -0.1) is 40.5 Å². The van der Waals surface area contributed by atoms with Gasteiger partial charge in [0.2, 0.25) is 0 Å². The molecule has 0 radical (unpaired) electrons. The van der Waals surface area contributed by atoms with E-state index in [2.05, 4.69) is 65.1 Å². The van der Waals surface area contributed by atoms with Crippen molar-refractivity contribution in [3.05, 3.63) is 40.5 Å². The first-order valence-corrected chi connectivity index (χ1v) is 20.9. The van der Waals surface area contributed by atoms with E-state index in [9.17, 15) is 40.5 Å². The van der Waals surface area contributed by atoms with E-state index in [0.717, 1.165) is 109 Å². The van der Waals surface area contributed by atoms with Crippen molar-refractivity contribution in [2.24, 2.45) is 11.8 Å². The molecule has 6 heterocycles. The highest BCUT2D eigenvalue weighted by Gasteiger charge is 2.18. The van der Waals surface area contributed by atoms with Gasteiger partial charge in [0.05, 0.1) is 6.61 Å². The first-order valence-electron chi connectivity index (χ1n) is 20.9. The van der Waals surface area contributed by atoms with Gasteiger partial charge in [0.15, 0.2) is 0 Å². The zero-order valence-electron chi connectivity index (χ0n) is 34.2. The van der Waals surface area contributed by atoms with E-state index >= 15 is 0 Å². The maximum Gasteiger partial charge on any atom is 0.294 e. The first-order chi connectivity index (χ1) is 27.5. The minimum Gasteiger partial charge on any atom is -0.317 e. The molecule has 0 aromatic rings. The molecule has 22 nitrogen and oxygen atoms in total.